The van der Waals surface area contributed by atoms with Gasteiger partial charge in [-0.2, -0.15) is 17.0 Å². The van der Waals surface area contributed by atoms with Gasteiger partial charge < -0.3 is 15.4 Å². The van der Waals surface area contributed by atoms with Crippen LogP contribution in [0.3, 0.4) is 0 Å². The van der Waals surface area contributed by atoms with Gasteiger partial charge in [-0.05, 0) is 56.1 Å². The van der Waals surface area contributed by atoms with Gasteiger partial charge in [0, 0.05) is 11.8 Å². The minimum absolute atomic E-state index is 0.292. The first-order chi connectivity index (χ1) is 13.9. The molecule has 0 spiro atoms. The van der Waals surface area contributed by atoms with Crippen molar-refractivity contribution in [3.8, 4) is 6.07 Å². The lowest BCUT2D eigenvalue weighted by molar-refractivity contribution is -0.157. The van der Waals surface area contributed by atoms with Crippen LogP contribution in [0.25, 0.3) is 0 Å². The number of rotatable bonds is 9. The van der Waals surface area contributed by atoms with Crippen LogP contribution in [0, 0.1) is 11.3 Å². The van der Waals surface area contributed by atoms with Crippen molar-refractivity contribution < 1.29 is 19.1 Å². The zero-order valence-corrected chi connectivity index (χ0v) is 18.6. The van der Waals surface area contributed by atoms with E-state index in [1.165, 1.54) is 18.3 Å². The molecule has 1 aromatic heterocycles. The number of aryl methyl sites for hydroxylation is 1. The number of hydrogen-bond acceptors (Lipinski definition) is 7. The summed E-state index contributed by atoms with van der Waals surface area (Å²) in [5.41, 5.74) is 1.56. The largest absolute Gasteiger partial charge is 0.451 e. The minimum Gasteiger partial charge on any atom is -0.451 e. The summed E-state index contributed by atoms with van der Waals surface area (Å²) in [5.74, 6) is -0.729. The van der Waals surface area contributed by atoms with Gasteiger partial charge in [-0.15, -0.1) is 11.3 Å². The number of thioether (sulfide) groups is 1. The number of amides is 2. The van der Waals surface area contributed by atoms with E-state index in [2.05, 4.69) is 16.7 Å². The fourth-order valence-corrected chi connectivity index (χ4v) is 4.95. The maximum atomic E-state index is 12.7. The highest BCUT2D eigenvalue weighted by molar-refractivity contribution is 7.98. The van der Waals surface area contributed by atoms with Crippen LogP contribution in [0.1, 0.15) is 55.5 Å². The molecule has 2 amide bonds. The molecule has 1 heterocycles. The summed E-state index contributed by atoms with van der Waals surface area (Å²) < 4.78 is 5.42. The molecule has 29 heavy (non-hydrogen) atoms. The van der Waals surface area contributed by atoms with Crippen LogP contribution >= 0.6 is 23.1 Å². The van der Waals surface area contributed by atoms with Crippen molar-refractivity contribution >= 4 is 45.9 Å². The summed E-state index contributed by atoms with van der Waals surface area (Å²) in [4.78, 5) is 37.8. The number of nitriles is 1. The summed E-state index contributed by atoms with van der Waals surface area (Å²) in [7, 11) is 0. The summed E-state index contributed by atoms with van der Waals surface area (Å²) in [6, 6.07) is 1.42. The first kappa shape index (κ1) is 23.2. The van der Waals surface area contributed by atoms with Crippen LogP contribution in [0.2, 0.25) is 0 Å². The van der Waals surface area contributed by atoms with Crippen LogP contribution in [0.15, 0.2) is 0 Å². The molecular weight excluding hydrogens is 410 g/mol. The van der Waals surface area contributed by atoms with Gasteiger partial charge in [0.25, 0.3) is 5.91 Å². The monoisotopic (exact) mass is 437 g/mol. The Morgan fingerprint density at radius 3 is 2.66 bits per heavy atom. The Hall–Kier alpha value is -2.05. The zero-order valence-electron chi connectivity index (χ0n) is 17.0. The third kappa shape index (κ3) is 6.21. The lowest BCUT2D eigenvalue weighted by Crippen LogP contribution is -2.44. The van der Waals surface area contributed by atoms with E-state index in [1.807, 2.05) is 6.26 Å². The Morgan fingerprint density at radius 1 is 1.31 bits per heavy atom. The van der Waals surface area contributed by atoms with E-state index >= 15 is 0 Å². The van der Waals surface area contributed by atoms with Crippen molar-refractivity contribution in [2.45, 2.75) is 64.5 Å². The van der Waals surface area contributed by atoms with Gasteiger partial charge in [-0.25, -0.2) is 4.79 Å². The standard InChI is InChI=1S/C20H27N3O4S2/c1-4-16(27-20(26)15(9-10-28-3)22-12(2)24)18(25)23-19-14(11-21)13-7-5-6-8-17(13)29-19/h15-16H,4-10H2,1-3H3,(H,22,24)(H,23,25)/t15-,16-/m1/s1. The van der Waals surface area contributed by atoms with Crippen molar-refractivity contribution in [1.82, 2.24) is 5.32 Å². The van der Waals surface area contributed by atoms with Crippen LogP contribution < -0.4 is 10.6 Å². The number of nitrogens with one attached hydrogen (secondary N) is 2. The molecule has 1 aliphatic carbocycles. The van der Waals surface area contributed by atoms with Crippen molar-refractivity contribution in [2.24, 2.45) is 0 Å². The van der Waals surface area contributed by atoms with Gasteiger partial charge in [-0.3, -0.25) is 9.59 Å². The van der Waals surface area contributed by atoms with Crippen LogP contribution in [-0.2, 0) is 32.0 Å². The highest BCUT2D eigenvalue weighted by Gasteiger charge is 2.29. The highest BCUT2D eigenvalue weighted by Crippen LogP contribution is 2.37. The van der Waals surface area contributed by atoms with E-state index < -0.39 is 24.0 Å². The number of fused-ring (bicyclic) bond motifs is 1. The van der Waals surface area contributed by atoms with Crippen LogP contribution in [0.5, 0.6) is 0 Å². The molecule has 1 aromatic rings. The average molecular weight is 438 g/mol. The summed E-state index contributed by atoms with van der Waals surface area (Å²) >= 11 is 2.99. The molecule has 0 saturated heterocycles. The third-order valence-corrected chi connectivity index (χ3v) is 6.57. The van der Waals surface area contributed by atoms with Crippen molar-refractivity contribution in [3.63, 3.8) is 0 Å². The number of nitrogens with zero attached hydrogens (tertiary/aromatic N) is 1. The third-order valence-electron chi connectivity index (χ3n) is 4.71. The molecule has 2 atom stereocenters. The Kier molecular flexibility index (Phi) is 8.99. The number of ether oxygens (including phenoxy) is 1. The minimum atomic E-state index is -0.987. The molecule has 0 fully saturated rings. The van der Waals surface area contributed by atoms with Gasteiger partial charge in [-0.1, -0.05) is 6.92 Å². The van der Waals surface area contributed by atoms with Gasteiger partial charge in [0.05, 0.1) is 5.56 Å². The number of esters is 1. The van der Waals surface area contributed by atoms with E-state index in [0.29, 0.717) is 29.2 Å². The molecule has 0 unspecified atom stereocenters. The predicted molar refractivity (Wildman–Crippen MR) is 115 cm³/mol. The van der Waals surface area contributed by atoms with Gasteiger partial charge in [0.15, 0.2) is 6.10 Å². The van der Waals surface area contributed by atoms with Crippen molar-refractivity contribution in [1.29, 1.82) is 5.26 Å². The normalized spacial score (nSPS) is 14.8. The first-order valence-electron chi connectivity index (χ1n) is 9.73. The van der Waals surface area contributed by atoms with E-state index in [4.69, 9.17) is 4.74 Å². The summed E-state index contributed by atoms with van der Waals surface area (Å²) in [6.07, 6.45) is 5.54. The second kappa shape index (κ2) is 11.2. The molecule has 2 N–H and O–H groups in total. The zero-order chi connectivity index (χ0) is 21.4. The molecule has 0 saturated carbocycles. The topological polar surface area (TPSA) is 108 Å². The molecule has 2 rings (SSSR count). The number of carbonyl (C=O) groups is 3. The SMILES string of the molecule is CC[C@@H](OC(=O)[C@@H](CCSC)NC(C)=O)C(=O)Nc1sc2c(c1C#N)CCCC2. The van der Waals surface area contributed by atoms with E-state index in [1.54, 1.807) is 18.7 Å². The molecule has 0 aromatic carbocycles. The van der Waals surface area contributed by atoms with Gasteiger partial charge >= 0.3 is 5.97 Å². The molecular formula is C20H27N3O4S2. The Morgan fingerprint density at radius 2 is 2.03 bits per heavy atom. The van der Waals surface area contributed by atoms with Gasteiger partial charge in [0.1, 0.15) is 17.1 Å². The first-order valence-corrected chi connectivity index (χ1v) is 11.9. The number of thiophene rings is 1. The summed E-state index contributed by atoms with van der Waals surface area (Å²) in [6.45, 7) is 3.09. The second-order valence-electron chi connectivity index (χ2n) is 6.88. The molecule has 0 radical (unpaired) electrons. The van der Waals surface area contributed by atoms with E-state index in [-0.39, 0.29) is 5.91 Å². The Balaban J connectivity index is 2.08. The quantitative estimate of drug-likeness (QED) is 0.575. The maximum absolute atomic E-state index is 12.7. The fraction of sp³-hybridized carbons (Fsp3) is 0.600. The molecule has 9 heteroatoms. The number of anilines is 1. The lowest BCUT2D eigenvalue weighted by Gasteiger charge is -2.21. The fourth-order valence-electron chi connectivity index (χ4n) is 3.24. The molecule has 0 aliphatic heterocycles. The smallest absolute Gasteiger partial charge is 0.329 e. The van der Waals surface area contributed by atoms with Crippen LogP contribution in [-0.4, -0.2) is 41.9 Å². The molecule has 7 nitrogen and oxygen atoms in total. The van der Waals surface area contributed by atoms with E-state index in [0.717, 1.165) is 36.1 Å². The lowest BCUT2D eigenvalue weighted by atomic mass is 9.96. The highest BCUT2D eigenvalue weighted by atomic mass is 32.2. The van der Waals surface area contributed by atoms with Crippen molar-refractivity contribution in [3.05, 3.63) is 16.0 Å². The second-order valence-corrected chi connectivity index (χ2v) is 8.98. The Bertz CT molecular complexity index is 800. The van der Waals surface area contributed by atoms with Crippen molar-refractivity contribution in [2.75, 3.05) is 17.3 Å². The number of carbonyl (C=O) groups excluding carboxylic acids is 3. The summed E-state index contributed by atoms with van der Waals surface area (Å²) in [5, 5.41) is 15.4. The average Bonchev–Trinajstić information content (AvgIpc) is 3.05. The molecule has 1 aliphatic rings. The van der Waals surface area contributed by atoms with E-state index in [9.17, 15) is 19.6 Å². The molecule has 0 bridgehead atoms. The predicted octanol–water partition coefficient (Wildman–Crippen LogP) is 3.02. The Labute approximate surface area is 179 Å². The van der Waals surface area contributed by atoms with Crippen LogP contribution in [0.4, 0.5) is 5.00 Å². The molecule has 158 valence electrons. The van der Waals surface area contributed by atoms with Gasteiger partial charge in [0.2, 0.25) is 5.91 Å². The maximum Gasteiger partial charge on any atom is 0.329 e. The number of hydrogen-bond donors (Lipinski definition) is 2.